The zero-order valence-corrected chi connectivity index (χ0v) is 24.6. The number of aliphatic hydroxyl groups is 1. The van der Waals surface area contributed by atoms with Crippen molar-refractivity contribution in [3.05, 3.63) is 0 Å². The normalized spacial score (nSPS) is 18.9. The molecule has 0 aliphatic carbocycles. The van der Waals surface area contributed by atoms with Crippen molar-refractivity contribution in [3.8, 4) is 0 Å². The minimum Gasteiger partial charge on any atom is -0.870 e. The van der Waals surface area contributed by atoms with Gasteiger partial charge in [0, 0.05) is 13.0 Å². The lowest BCUT2D eigenvalue weighted by atomic mass is 10.0. The van der Waals surface area contributed by atoms with E-state index in [4.69, 9.17) is 9.05 Å². The first kappa shape index (κ1) is 35.7. The van der Waals surface area contributed by atoms with E-state index >= 15 is 0 Å². The van der Waals surface area contributed by atoms with Gasteiger partial charge < -0.3 is 24.9 Å². The van der Waals surface area contributed by atoms with Crippen LogP contribution in [0.3, 0.4) is 0 Å². The summed E-state index contributed by atoms with van der Waals surface area (Å²) in [6.45, 7) is 3.24. The smallest absolute Gasteiger partial charge is 0.340 e. The molecule has 0 saturated carbocycles. The lowest BCUT2D eigenvalue weighted by Crippen LogP contribution is -2.49. The molecule has 36 heavy (non-hydrogen) atoms. The summed E-state index contributed by atoms with van der Waals surface area (Å²) in [7, 11) is 2.09. The Morgan fingerprint density at radius 2 is 1.50 bits per heavy atom. The number of Topliss-reactive ketones (excluding diaryl/α,β-unsaturated/α-hetero) is 1. The van der Waals surface area contributed by atoms with Gasteiger partial charge in [0.25, 0.3) is 0 Å². The molecule has 1 aliphatic rings. The number of carbonyl (C=O) groups is 1. The summed E-state index contributed by atoms with van der Waals surface area (Å²) in [6, 6.07) is 0. The molecule has 216 valence electrons. The lowest BCUT2D eigenvalue weighted by Gasteiger charge is -2.37. The molecule has 1 rings (SSSR count). The van der Waals surface area contributed by atoms with E-state index in [1.807, 2.05) is 21.1 Å². The van der Waals surface area contributed by atoms with Crippen LogP contribution in [0.1, 0.15) is 110 Å². The van der Waals surface area contributed by atoms with E-state index in [1.54, 1.807) is 0 Å². The Morgan fingerprint density at radius 3 is 1.94 bits per heavy atom. The number of carbonyl (C=O) groups excluding carboxylic acids is 1. The third kappa shape index (κ3) is 15.8. The molecule has 0 aromatic heterocycles. The summed E-state index contributed by atoms with van der Waals surface area (Å²) in [5.74, 6) is -0.0218. The van der Waals surface area contributed by atoms with Crippen molar-refractivity contribution in [1.29, 1.82) is 0 Å². The number of likely N-dealkylation sites (N-methyl/N-ethyl adjacent to an activating group) is 1. The number of rotatable bonds is 22. The van der Waals surface area contributed by atoms with Crippen LogP contribution in [-0.2, 0) is 18.4 Å². The summed E-state index contributed by atoms with van der Waals surface area (Å²) in [5.41, 5.74) is -0.291. The number of hydrogen-bond donors (Lipinski definition) is 2. The van der Waals surface area contributed by atoms with E-state index in [2.05, 4.69) is 12.2 Å². The molecule has 0 spiro atoms. The minimum atomic E-state index is -3.55. The molecular weight excluding hydrogens is 479 g/mol. The summed E-state index contributed by atoms with van der Waals surface area (Å²) in [4.78, 5) is 12.5. The van der Waals surface area contributed by atoms with Crippen molar-refractivity contribution >= 4 is 13.4 Å². The Labute approximate surface area is 221 Å². The minimum absolute atomic E-state index is 0. The molecule has 3 atom stereocenters. The van der Waals surface area contributed by atoms with Crippen molar-refractivity contribution in [3.63, 3.8) is 0 Å². The lowest BCUT2D eigenvalue weighted by molar-refractivity contribution is -0.916. The third-order valence-electron chi connectivity index (χ3n) is 6.97. The molecule has 1 fully saturated rings. The number of unbranched alkanes of at least 4 members (excludes halogenated alkanes) is 12. The summed E-state index contributed by atoms with van der Waals surface area (Å²) in [6.07, 6.45) is 17.9. The number of nitrogens with one attached hydrogen (secondary N) is 1. The quantitative estimate of drug-likeness (QED) is 0.0770. The first-order chi connectivity index (χ1) is 16.7. The van der Waals surface area contributed by atoms with Crippen LogP contribution in [0, 0.1) is 0 Å². The topological polar surface area (TPSA) is 115 Å². The van der Waals surface area contributed by atoms with Gasteiger partial charge in [-0.15, -0.1) is 0 Å². The maximum atomic E-state index is 13.7. The molecule has 3 N–H and O–H groups in total. The SMILES string of the molecule is CCCCCCCCCCCCCCCC(=O)COP(=O)(OC(CO)[N+](C)(C)C)C1CCCNC1.[OH-]. The molecule has 8 nitrogen and oxygen atoms in total. The number of piperidine rings is 1. The van der Waals surface area contributed by atoms with Crippen LogP contribution in [0.25, 0.3) is 0 Å². The first-order valence-corrected chi connectivity index (χ1v) is 15.9. The molecule has 0 aromatic carbocycles. The second-order valence-corrected chi connectivity index (χ2v) is 13.5. The Bertz CT molecular complexity index is 593. The van der Waals surface area contributed by atoms with Crippen molar-refractivity contribution in [2.45, 2.75) is 122 Å². The van der Waals surface area contributed by atoms with Crippen LogP contribution >= 0.6 is 7.60 Å². The Hall–Kier alpha value is -0.340. The number of ketones is 1. The van der Waals surface area contributed by atoms with Crippen LogP contribution in [-0.4, -0.2) is 80.2 Å². The predicted octanol–water partition coefficient (Wildman–Crippen LogP) is 5.86. The summed E-state index contributed by atoms with van der Waals surface area (Å²) in [5, 5.41) is 13.0. The summed E-state index contributed by atoms with van der Waals surface area (Å²) < 4.78 is 25.7. The molecule has 0 bridgehead atoms. The van der Waals surface area contributed by atoms with E-state index in [0.717, 1.165) is 32.2 Å². The Balaban J connectivity index is 0.0000122. The standard InChI is InChI=1S/C27H56N2O5P.H2O/c1-5-6-7-8-9-10-11-12-13-14-15-16-17-19-25(31)24-33-35(32,26-20-18-21-28-22-26)34-27(23-30)29(2,3)4;/h26-28,30H,5-24H2,1-4H3;1H2/q+1;/p-1. The zero-order valence-electron chi connectivity index (χ0n) is 23.7. The highest BCUT2D eigenvalue weighted by Gasteiger charge is 2.42. The molecule has 0 amide bonds. The number of aliphatic hydroxyl groups excluding tert-OH is 1. The first-order valence-electron chi connectivity index (χ1n) is 14.3. The van der Waals surface area contributed by atoms with Gasteiger partial charge in [0.05, 0.1) is 26.8 Å². The van der Waals surface area contributed by atoms with Crippen molar-refractivity contribution < 1.29 is 33.5 Å². The van der Waals surface area contributed by atoms with E-state index in [0.29, 0.717) is 17.4 Å². The molecule has 1 heterocycles. The second-order valence-electron chi connectivity index (χ2n) is 11.2. The van der Waals surface area contributed by atoms with Gasteiger partial charge in [0.15, 0.2) is 5.78 Å². The van der Waals surface area contributed by atoms with Gasteiger partial charge >= 0.3 is 7.60 Å². The molecule has 0 radical (unpaired) electrons. The van der Waals surface area contributed by atoms with Crippen LogP contribution in [0.5, 0.6) is 0 Å². The zero-order chi connectivity index (χ0) is 26.0. The highest BCUT2D eigenvalue weighted by molar-refractivity contribution is 7.54. The average Bonchev–Trinajstić information content (AvgIpc) is 2.84. The Kier molecular flexibility index (Phi) is 20.4. The molecular formula is C27H57N2O6P. The average molecular weight is 537 g/mol. The van der Waals surface area contributed by atoms with E-state index in [9.17, 15) is 14.5 Å². The van der Waals surface area contributed by atoms with Crippen molar-refractivity contribution in [2.75, 3.05) is 47.4 Å². The summed E-state index contributed by atoms with van der Waals surface area (Å²) >= 11 is 0. The number of nitrogens with zero attached hydrogens (tertiary/aromatic N) is 1. The van der Waals surface area contributed by atoms with Gasteiger partial charge in [-0.05, 0) is 25.8 Å². The van der Waals surface area contributed by atoms with Gasteiger partial charge in [0.2, 0.25) is 6.23 Å². The van der Waals surface area contributed by atoms with Gasteiger partial charge in [-0.1, -0.05) is 84.0 Å². The maximum absolute atomic E-state index is 13.7. The molecule has 9 heteroatoms. The van der Waals surface area contributed by atoms with Gasteiger partial charge in [0.1, 0.15) is 13.2 Å². The van der Waals surface area contributed by atoms with Crippen molar-refractivity contribution in [2.24, 2.45) is 0 Å². The largest absolute Gasteiger partial charge is 0.870 e. The monoisotopic (exact) mass is 536 g/mol. The van der Waals surface area contributed by atoms with E-state index in [-0.39, 0.29) is 30.1 Å². The third-order valence-corrected chi connectivity index (χ3v) is 9.33. The highest BCUT2D eigenvalue weighted by atomic mass is 31.2. The molecule has 1 aliphatic heterocycles. The van der Waals surface area contributed by atoms with Crippen LogP contribution in [0.2, 0.25) is 0 Å². The van der Waals surface area contributed by atoms with Crippen LogP contribution in [0.15, 0.2) is 0 Å². The fourth-order valence-corrected chi connectivity index (χ4v) is 6.80. The fraction of sp³-hybridized carbons (Fsp3) is 0.963. The molecule has 0 aromatic rings. The number of hydrogen-bond acceptors (Lipinski definition) is 7. The van der Waals surface area contributed by atoms with E-state index in [1.165, 1.54) is 70.6 Å². The second kappa shape index (κ2) is 20.6. The number of quaternary nitrogens is 1. The van der Waals surface area contributed by atoms with Gasteiger partial charge in [-0.25, -0.2) is 0 Å². The van der Waals surface area contributed by atoms with Crippen LogP contribution < -0.4 is 5.32 Å². The van der Waals surface area contributed by atoms with Crippen LogP contribution in [0.4, 0.5) is 0 Å². The molecule has 1 saturated heterocycles. The van der Waals surface area contributed by atoms with E-state index < -0.39 is 13.8 Å². The van der Waals surface area contributed by atoms with Gasteiger partial charge in [-0.3, -0.25) is 13.9 Å². The Morgan fingerprint density at radius 1 is 0.972 bits per heavy atom. The predicted molar refractivity (Wildman–Crippen MR) is 147 cm³/mol. The van der Waals surface area contributed by atoms with Crippen molar-refractivity contribution in [1.82, 2.24) is 5.32 Å². The maximum Gasteiger partial charge on any atom is 0.340 e. The molecule has 3 unspecified atom stereocenters. The van der Waals surface area contributed by atoms with Gasteiger partial charge in [-0.2, -0.15) is 0 Å². The fourth-order valence-electron chi connectivity index (χ4n) is 4.49. The highest BCUT2D eigenvalue weighted by Crippen LogP contribution is 2.56.